The summed E-state index contributed by atoms with van der Waals surface area (Å²) in [6.07, 6.45) is 0. The number of carbonyl (C=O) groups excluding carboxylic acids is 1. The molecule has 2 aromatic rings. The number of ether oxygens (including phenoxy) is 1. The summed E-state index contributed by atoms with van der Waals surface area (Å²) in [6.45, 7) is 0.579. The number of esters is 1. The maximum Gasteiger partial charge on any atom is 0.327 e. The Hall–Kier alpha value is -1.65. The van der Waals surface area contributed by atoms with E-state index >= 15 is 0 Å². The van der Waals surface area contributed by atoms with Gasteiger partial charge in [-0.2, -0.15) is 0 Å². The molecule has 0 amide bonds. The van der Waals surface area contributed by atoms with Gasteiger partial charge in [-0.05, 0) is 17.2 Å². The van der Waals surface area contributed by atoms with Gasteiger partial charge in [-0.25, -0.2) is 4.79 Å². The van der Waals surface area contributed by atoms with Crippen molar-refractivity contribution in [1.82, 2.24) is 5.32 Å². The number of rotatable bonds is 5. The molecular weight excluding hydrogens is 318 g/mol. The zero-order valence-corrected chi connectivity index (χ0v) is 12.8. The largest absolute Gasteiger partial charge is 0.468 e. The van der Waals surface area contributed by atoms with Gasteiger partial charge < -0.3 is 4.74 Å². The minimum absolute atomic E-state index is 0.289. The monoisotopic (exact) mass is 333 g/mol. The lowest BCUT2D eigenvalue weighted by Crippen LogP contribution is -2.29. The molecule has 20 heavy (non-hydrogen) atoms. The van der Waals surface area contributed by atoms with Crippen molar-refractivity contribution in [3.8, 4) is 0 Å². The van der Waals surface area contributed by atoms with E-state index in [0.29, 0.717) is 6.54 Å². The van der Waals surface area contributed by atoms with Gasteiger partial charge in [-0.15, -0.1) is 0 Å². The fraction of sp³-hybridized carbons (Fsp3) is 0.188. The summed E-state index contributed by atoms with van der Waals surface area (Å²) in [5, 5.41) is 3.24. The van der Waals surface area contributed by atoms with Crippen LogP contribution in [-0.2, 0) is 16.1 Å². The quantitative estimate of drug-likeness (QED) is 0.851. The van der Waals surface area contributed by atoms with Gasteiger partial charge >= 0.3 is 5.97 Å². The van der Waals surface area contributed by atoms with Crippen LogP contribution in [0.15, 0.2) is 59.1 Å². The molecule has 0 radical (unpaired) electrons. The topological polar surface area (TPSA) is 38.3 Å². The van der Waals surface area contributed by atoms with Crippen LogP contribution >= 0.6 is 15.9 Å². The Morgan fingerprint density at radius 1 is 1.15 bits per heavy atom. The van der Waals surface area contributed by atoms with Gasteiger partial charge in [-0.3, -0.25) is 5.32 Å². The average Bonchev–Trinajstić information content (AvgIpc) is 2.50. The maximum absolute atomic E-state index is 11.9. The maximum atomic E-state index is 11.9. The van der Waals surface area contributed by atoms with Crippen LogP contribution in [0.3, 0.4) is 0 Å². The minimum Gasteiger partial charge on any atom is -0.468 e. The van der Waals surface area contributed by atoms with Crippen LogP contribution in [0.5, 0.6) is 0 Å². The van der Waals surface area contributed by atoms with Crippen LogP contribution in [0, 0.1) is 0 Å². The summed E-state index contributed by atoms with van der Waals surface area (Å²) in [7, 11) is 1.40. The number of carbonyl (C=O) groups is 1. The van der Waals surface area contributed by atoms with E-state index < -0.39 is 6.04 Å². The van der Waals surface area contributed by atoms with E-state index in [1.807, 2.05) is 54.6 Å². The van der Waals surface area contributed by atoms with Crippen LogP contribution in [0.2, 0.25) is 0 Å². The smallest absolute Gasteiger partial charge is 0.327 e. The lowest BCUT2D eigenvalue weighted by atomic mass is 10.1. The summed E-state index contributed by atoms with van der Waals surface area (Å²) in [6, 6.07) is 17.0. The van der Waals surface area contributed by atoms with Gasteiger partial charge in [0.1, 0.15) is 6.04 Å². The SMILES string of the molecule is COC(=O)C(NCc1ccccc1Br)c1ccccc1. The third-order valence-corrected chi connectivity index (χ3v) is 3.80. The fourth-order valence-electron chi connectivity index (χ4n) is 1.95. The summed E-state index contributed by atoms with van der Waals surface area (Å²) in [4.78, 5) is 11.9. The minimum atomic E-state index is -0.465. The third kappa shape index (κ3) is 3.68. The molecule has 1 atom stereocenters. The van der Waals surface area contributed by atoms with Gasteiger partial charge in [0.15, 0.2) is 0 Å². The molecule has 0 fully saturated rings. The number of hydrogen-bond acceptors (Lipinski definition) is 3. The van der Waals surface area contributed by atoms with E-state index in [9.17, 15) is 4.79 Å². The van der Waals surface area contributed by atoms with E-state index in [1.165, 1.54) is 7.11 Å². The lowest BCUT2D eigenvalue weighted by molar-refractivity contribution is -0.143. The Bertz CT molecular complexity index is 572. The van der Waals surface area contributed by atoms with Gasteiger partial charge in [0.2, 0.25) is 0 Å². The lowest BCUT2D eigenvalue weighted by Gasteiger charge is -2.17. The Morgan fingerprint density at radius 3 is 2.45 bits per heavy atom. The first-order valence-electron chi connectivity index (χ1n) is 6.32. The molecule has 1 unspecified atom stereocenters. The first-order chi connectivity index (χ1) is 9.72. The predicted octanol–water partition coefficient (Wildman–Crippen LogP) is 3.45. The Morgan fingerprint density at radius 2 is 1.80 bits per heavy atom. The van der Waals surface area contributed by atoms with Crippen LogP contribution in [0.4, 0.5) is 0 Å². The molecule has 0 aliphatic carbocycles. The molecule has 0 bridgehead atoms. The highest BCUT2D eigenvalue weighted by atomic mass is 79.9. The molecule has 0 spiro atoms. The van der Waals surface area contributed by atoms with Crippen molar-refractivity contribution in [2.24, 2.45) is 0 Å². The van der Waals surface area contributed by atoms with E-state index in [4.69, 9.17) is 4.74 Å². The van der Waals surface area contributed by atoms with Gasteiger partial charge in [0, 0.05) is 11.0 Å². The molecule has 2 aromatic carbocycles. The fourth-order valence-corrected chi connectivity index (χ4v) is 2.38. The second-order valence-electron chi connectivity index (χ2n) is 4.34. The van der Waals surface area contributed by atoms with Crippen molar-refractivity contribution in [2.75, 3.05) is 7.11 Å². The Balaban J connectivity index is 2.14. The predicted molar refractivity (Wildman–Crippen MR) is 82.2 cm³/mol. The van der Waals surface area contributed by atoms with Crippen molar-refractivity contribution in [3.63, 3.8) is 0 Å². The van der Waals surface area contributed by atoms with Crippen LogP contribution in [0.25, 0.3) is 0 Å². The molecule has 0 saturated carbocycles. The summed E-state index contributed by atoms with van der Waals surface area (Å²) >= 11 is 3.50. The number of halogens is 1. The molecule has 0 aromatic heterocycles. The molecule has 0 saturated heterocycles. The summed E-state index contributed by atoms with van der Waals surface area (Å²) in [5.74, 6) is -0.289. The summed E-state index contributed by atoms with van der Waals surface area (Å²) < 4.78 is 5.89. The zero-order chi connectivity index (χ0) is 14.4. The second kappa shape index (κ2) is 7.22. The van der Waals surface area contributed by atoms with Gasteiger partial charge in [0.25, 0.3) is 0 Å². The highest BCUT2D eigenvalue weighted by Crippen LogP contribution is 2.19. The molecule has 0 aliphatic heterocycles. The number of benzene rings is 2. The highest BCUT2D eigenvalue weighted by Gasteiger charge is 2.20. The zero-order valence-electron chi connectivity index (χ0n) is 11.2. The van der Waals surface area contributed by atoms with Crippen molar-refractivity contribution >= 4 is 21.9 Å². The average molecular weight is 334 g/mol. The Kier molecular flexibility index (Phi) is 5.32. The van der Waals surface area contributed by atoms with Crippen LogP contribution in [-0.4, -0.2) is 13.1 Å². The van der Waals surface area contributed by atoms with Gasteiger partial charge in [0.05, 0.1) is 7.11 Å². The Labute approximate surface area is 127 Å². The molecule has 2 rings (SSSR count). The van der Waals surface area contributed by atoms with Crippen molar-refractivity contribution < 1.29 is 9.53 Å². The third-order valence-electron chi connectivity index (χ3n) is 3.02. The van der Waals surface area contributed by atoms with Crippen LogP contribution in [0.1, 0.15) is 17.2 Å². The molecule has 0 heterocycles. The summed E-state index contributed by atoms with van der Waals surface area (Å²) in [5.41, 5.74) is 1.99. The first kappa shape index (κ1) is 14.8. The number of nitrogens with one attached hydrogen (secondary N) is 1. The van der Waals surface area contributed by atoms with Gasteiger partial charge in [-0.1, -0.05) is 64.5 Å². The number of methoxy groups -OCH3 is 1. The van der Waals surface area contributed by atoms with Crippen molar-refractivity contribution in [1.29, 1.82) is 0 Å². The van der Waals surface area contributed by atoms with Crippen LogP contribution < -0.4 is 5.32 Å². The standard InChI is InChI=1S/C16H16BrNO2/c1-20-16(19)15(12-7-3-2-4-8-12)18-11-13-9-5-6-10-14(13)17/h2-10,15,18H,11H2,1H3. The van der Waals surface area contributed by atoms with Crippen molar-refractivity contribution in [2.45, 2.75) is 12.6 Å². The molecule has 3 nitrogen and oxygen atoms in total. The molecular formula is C16H16BrNO2. The number of hydrogen-bond donors (Lipinski definition) is 1. The molecule has 4 heteroatoms. The highest BCUT2D eigenvalue weighted by molar-refractivity contribution is 9.10. The van der Waals surface area contributed by atoms with E-state index in [0.717, 1.165) is 15.6 Å². The van der Waals surface area contributed by atoms with E-state index in [2.05, 4.69) is 21.2 Å². The first-order valence-corrected chi connectivity index (χ1v) is 7.11. The van der Waals surface area contributed by atoms with E-state index in [-0.39, 0.29) is 5.97 Å². The molecule has 1 N–H and O–H groups in total. The van der Waals surface area contributed by atoms with Crippen molar-refractivity contribution in [3.05, 3.63) is 70.2 Å². The molecule has 0 aliphatic rings. The second-order valence-corrected chi connectivity index (χ2v) is 5.19. The molecule has 104 valence electrons. The van der Waals surface area contributed by atoms with E-state index in [1.54, 1.807) is 0 Å². The normalized spacial score (nSPS) is 11.9.